The van der Waals surface area contributed by atoms with E-state index in [0.717, 1.165) is 19.4 Å². The van der Waals surface area contributed by atoms with Gasteiger partial charge in [0.25, 0.3) is 0 Å². The Morgan fingerprint density at radius 3 is 3.00 bits per heavy atom. The third-order valence-corrected chi connectivity index (χ3v) is 3.28. The molecule has 15 heavy (non-hydrogen) atoms. The minimum atomic E-state index is -0.599. The van der Waals surface area contributed by atoms with Crippen LogP contribution in [0.2, 0.25) is 0 Å². The third-order valence-electron chi connectivity index (χ3n) is 3.28. The number of ether oxygens (including phenoxy) is 3. The molecular formula is C10H19BO4. The summed E-state index contributed by atoms with van der Waals surface area (Å²) in [5.74, 6) is 0. The summed E-state index contributed by atoms with van der Waals surface area (Å²) in [6.45, 7) is 3.28. The molecule has 2 aliphatic rings. The number of hydrogen-bond acceptors (Lipinski definition) is 4. The highest BCUT2D eigenvalue weighted by molar-refractivity contribution is 6.11. The second kappa shape index (κ2) is 4.41. The van der Waals surface area contributed by atoms with E-state index in [0.29, 0.717) is 6.61 Å². The first-order valence-electron chi connectivity index (χ1n) is 5.75. The van der Waals surface area contributed by atoms with E-state index >= 15 is 0 Å². The Bertz CT molecular complexity index is 225. The van der Waals surface area contributed by atoms with Gasteiger partial charge in [0.1, 0.15) is 25.7 Å². The van der Waals surface area contributed by atoms with Crippen LogP contribution in [0.15, 0.2) is 0 Å². The normalized spacial score (nSPS) is 43.7. The zero-order chi connectivity index (χ0) is 10.9. The van der Waals surface area contributed by atoms with Gasteiger partial charge >= 0.3 is 0 Å². The molecule has 2 fully saturated rings. The lowest BCUT2D eigenvalue weighted by Gasteiger charge is -2.28. The maximum atomic E-state index is 9.40. The van der Waals surface area contributed by atoms with Crippen LogP contribution in [0.4, 0.5) is 0 Å². The zero-order valence-corrected chi connectivity index (χ0v) is 9.44. The molecule has 0 radical (unpaired) electrons. The van der Waals surface area contributed by atoms with Crippen LogP contribution in [0.1, 0.15) is 19.8 Å². The average molecular weight is 214 g/mol. The first-order valence-corrected chi connectivity index (χ1v) is 5.75. The van der Waals surface area contributed by atoms with Crippen LogP contribution < -0.4 is 0 Å². The first-order chi connectivity index (χ1) is 7.23. The summed E-state index contributed by atoms with van der Waals surface area (Å²) in [6.07, 6.45) is 2.05. The SMILES string of the molecule is B[C@@H]1O[C@@]2(CO)CO[C@H]1C2OCCCC. The van der Waals surface area contributed by atoms with Crippen LogP contribution in [0, 0.1) is 0 Å². The number of aliphatic hydroxyl groups is 1. The van der Waals surface area contributed by atoms with Crippen LogP contribution in [0.5, 0.6) is 0 Å². The fourth-order valence-corrected chi connectivity index (χ4v) is 2.40. The van der Waals surface area contributed by atoms with Gasteiger partial charge in [0.05, 0.1) is 19.2 Å². The molecule has 2 rings (SSSR count). The predicted octanol–water partition coefficient (Wildman–Crippen LogP) is -0.709. The molecule has 0 aromatic heterocycles. The molecule has 5 heteroatoms. The van der Waals surface area contributed by atoms with Crippen molar-refractivity contribution < 1.29 is 19.3 Å². The highest BCUT2D eigenvalue weighted by atomic mass is 16.7. The third kappa shape index (κ3) is 1.82. The Morgan fingerprint density at radius 2 is 2.40 bits per heavy atom. The van der Waals surface area contributed by atoms with E-state index in [-0.39, 0.29) is 24.8 Å². The van der Waals surface area contributed by atoms with E-state index in [1.165, 1.54) is 0 Å². The molecule has 4 nitrogen and oxygen atoms in total. The lowest BCUT2D eigenvalue weighted by Crippen LogP contribution is -2.45. The number of rotatable bonds is 5. The van der Waals surface area contributed by atoms with Crippen LogP contribution in [-0.2, 0) is 14.2 Å². The summed E-state index contributed by atoms with van der Waals surface area (Å²) in [5.41, 5.74) is -0.599. The van der Waals surface area contributed by atoms with Crippen LogP contribution in [0.3, 0.4) is 0 Å². The molecule has 0 saturated carbocycles. The standard InChI is InChI=1S/C10H19BO4/c1-2-3-4-13-8-7-9(11)15-10(8,5-12)6-14-7/h7-9,12H,2-6,11H2,1H3/t7-,8?,9+,10-/m0/s1. The maximum Gasteiger partial charge on any atom is 0.142 e. The molecule has 1 unspecified atom stereocenters. The highest BCUT2D eigenvalue weighted by Crippen LogP contribution is 2.40. The number of fused-ring (bicyclic) bond motifs is 2. The second-order valence-electron chi connectivity index (χ2n) is 4.47. The smallest absolute Gasteiger partial charge is 0.142 e. The van der Waals surface area contributed by atoms with E-state index in [4.69, 9.17) is 14.2 Å². The van der Waals surface area contributed by atoms with Crippen molar-refractivity contribution in [1.29, 1.82) is 0 Å². The Balaban J connectivity index is 1.97. The fourth-order valence-electron chi connectivity index (χ4n) is 2.40. The predicted molar refractivity (Wildman–Crippen MR) is 57.6 cm³/mol. The van der Waals surface area contributed by atoms with E-state index < -0.39 is 5.60 Å². The lowest BCUT2D eigenvalue weighted by molar-refractivity contribution is -0.140. The summed E-state index contributed by atoms with van der Waals surface area (Å²) in [5, 5.41) is 9.40. The van der Waals surface area contributed by atoms with Crippen molar-refractivity contribution >= 4 is 7.85 Å². The molecule has 1 N–H and O–H groups in total. The van der Waals surface area contributed by atoms with Crippen molar-refractivity contribution in [3.8, 4) is 0 Å². The summed E-state index contributed by atoms with van der Waals surface area (Å²) in [4.78, 5) is 0. The molecule has 0 aliphatic carbocycles. The van der Waals surface area contributed by atoms with E-state index in [1.807, 2.05) is 7.85 Å². The molecule has 4 atom stereocenters. The van der Waals surface area contributed by atoms with E-state index in [9.17, 15) is 5.11 Å². The van der Waals surface area contributed by atoms with Gasteiger partial charge in [0.2, 0.25) is 0 Å². The molecule has 0 aromatic rings. The van der Waals surface area contributed by atoms with Crippen LogP contribution >= 0.6 is 0 Å². The minimum absolute atomic E-state index is 0.00555. The molecule has 2 aliphatic heterocycles. The lowest BCUT2D eigenvalue weighted by atomic mass is 9.92. The van der Waals surface area contributed by atoms with Crippen LogP contribution in [0.25, 0.3) is 0 Å². The maximum absolute atomic E-state index is 9.40. The van der Waals surface area contributed by atoms with Crippen molar-refractivity contribution in [1.82, 2.24) is 0 Å². The molecule has 86 valence electrons. The van der Waals surface area contributed by atoms with Gasteiger partial charge in [-0.3, -0.25) is 0 Å². The molecule has 0 aromatic carbocycles. The topological polar surface area (TPSA) is 47.9 Å². The molecule has 0 spiro atoms. The number of hydrogen-bond donors (Lipinski definition) is 1. The Labute approximate surface area is 91.3 Å². The largest absolute Gasteiger partial charge is 0.393 e. The monoisotopic (exact) mass is 214 g/mol. The van der Waals surface area contributed by atoms with Gasteiger partial charge in [-0.1, -0.05) is 13.3 Å². The summed E-state index contributed by atoms with van der Waals surface area (Å²) in [7, 11) is 1.97. The quantitative estimate of drug-likeness (QED) is 0.485. The fraction of sp³-hybridized carbons (Fsp3) is 1.00. The van der Waals surface area contributed by atoms with Crippen molar-refractivity contribution in [2.24, 2.45) is 0 Å². The van der Waals surface area contributed by atoms with Gasteiger partial charge in [-0.25, -0.2) is 0 Å². The van der Waals surface area contributed by atoms with Gasteiger partial charge in [-0.15, -0.1) is 0 Å². The second-order valence-corrected chi connectivity index (χ2v) is 4.47. The number of aliphatic hydroxyl groups excluding tert-OH is 1. The Hall–Kier alpha value is -0.0951. The van der Waals surface area contributed by atoms with Crippen molar-refractivity contribution in [2.75, 3.05) is 19.8 Å². The molecule has 2 heterocycles. The zero-order valence-electron chi connectivity index (χ0n) is 9.44. The van der Waals surface area contributed by atoms with Gasteiger partial charge in [-0.2, -0.15) is 0 Å². The van der Waals surface area contributed by atoms with Crippen molar-refractivity contribution in [2.45, 2.75) is 43.6 Å². The molecule has 2 saturated heterocycles. The minimum Gasteiger partial charge on any atom is -0.393 e. The molecular weight excluding hydrogens is 195 g/mol. The highest BCUT2D eigenvalue weighted by Gasteiger charge is 2.60. The Kier molecular flexibility index (Phi) is 3.35. The summed E-state index contributed by atoms with van der Waals surface area (Å²) < 4.78 is 17.1. The van der Waals surface area contributed by atoms with Crippen molar-refractivity contribution in [3.05, 3.63) is 0 Å². The summed E-state index contributed by atoms with van der Waals surface area (Å²) in [6, 6.07) is 0.0255. The van der Waals surface area contributed by atoms with Crippen LogP contribution in [-0.4, -0.2) is 56.6 Å². The van der Waals surface area contributed by atoms with E-state index in [2.05, 4.69) is 6.92 Å². The Morgan fingerprint density at radius 1 is 1.60 bits per heavy atom. The average Bonchev–Trinajstić information content (AvgIpc) is 2.71. The first kappa shape index (κ1) is 11.4. The van der Waals surface area contributed by atoms with Gasteiger partial charge in [0.15, 0.2) is 0 Å². The van der Waals surface area contributed by atoms with Gasteiger partial charge < -0.3 is 19.3 Å². The molecule has 2 bridgehead atoms. The van der Waals surface area contributed by atoms with Gasteiger partial charge in [0, 0.05) is 6.61 Å². The van der Waals surface area contributed by atoms with Gasteiger partial charge in [-0.05, 0) is 6.42 Å². The number of unbranched alkanes of at least 4 members (excludes halogenated alkanes) is 1. The van der Waals surface area contributed by atoms with Crippen molar-refractivity contribution in [3.63, 3.8) is 0 Å². The summed E-state index contributed by atoms with van der Waals surface area (Å²) >= 11 is 0. The molecule has 0 amide bonds. The van der Waals surface area contributed by atoms with E-state index in [1.54, 1.807) is 0 Å².